The van der Waals surface area contributed by atoms with Gasteiger partial charge in [0.2, 0.25) is 0 Å². The molecule has 0 aromatic rings. The molecule has 0 aliphatic rings. The van der Waals surface area contributed by atoms with E-state index in [2.05, 4.69) is 54.7 Å². The molecule has 2 heteroatoms. The second-order valence-electron chi connectivity index (χ2n) is 1.91. The molecule has 0 heterocycles. The van der Waals surface area contributed by atoms with Gasteiger partial charge in [-0.2, -0.15) is 0 Å². The first-order valence-electron chi connectivity index (χ1n) is 2.53. The number of allylic oxidation sites excluding steroid dienone is 2. The fraction of sp³-hybridized carbons (Fsp3) is 0.250. The van der Waals surface area contributed by atoms with Gasteiger partial charge < -0.3 is 0 Å². The predicted octanol–water partition coefficient (Wildman–Crippen LogP) is 3.48. The molecule has 0 bridgehead atoms. The van der Waals surface area contributed by atoms with Crippen LogP contribution in [-0.4, -0.2) is 0 Å². The minimum absolute atomic E-state index is 0.917. The Morgan fingerprint density at radius 2 is 1.10 bits per heavy atom. The summed E-state index contributed by atoms with van der Waals surface area (Å²) >= 11 is 2.22. The van der Waals surface area contributed by atoms with Gasteiger partial charge in [-0.1, -0.05) is 13.8 Å². The normalized spacial score (nSPS) is 5.70. The number of halogens is 1. The minimum atomic E-state index is 0.917. The summed E-state index contributed by atoms with van der Waals surface area (Å²) in [7, 11) is 4.49. The van der Waals surface area contributed by atoms with Gasteiger partial charge >= 0.3 is 27.7 Å². The number of hydrogen-bond donors (Lipinski definition) is 0. The van der Waals surface area contributed by atoms with Crippen molar-refractivity contribution in [3.8, 4) is 0 Å². The van der Waals surface area contributed by atoms with Crippen LogP contribution >= 0.6 is 9.53 Å². The van der Waals surface area contributed by atoms with Crippen LogP contribution in [0, 0.1) is 13.8 Å². The van der Waals surface area contributed by atoms with Gasteiger partial charge in [-0.3, -0.25) is 0 Å². The van der Waals surface area contributed by atoms with Gasteiger partial charge in [0, 0.05) is 0 Å². The van der Waals surface area contributed by atoms with Gasteiger partial charge in [-0.25, -0.2) is 38.2 Å². The third-order valence-corrected chi connectivity index (χ3v) is 0. The van der Waals surface area contributed by atoms with E-state index < -0.39 is 0 Å². The molecular formula is C8H14ClPd-. The summed E-state index contributed by atoms with van der Waals surface area (Å²) in [6.45, 7) is 17.5. The van der Waals surface area contributed by atoms with Crippen LogP contribution in [0.2, 0.25) is 0 Å². The van der Waals surface area contributed by atoms with Crippen LogP contribution in [0.3, 0.4) is 0 Å². The molecule has 0 aromatic heterocycles. The van der Waals surface area contributed by atoms with Crippen LogP contribution in [0.5, 0.6) is 0 Å². The van der Waals surface area contributed by atoms with Gasteiger partial charge in [0.1, 0.15) is 0 Å². The second kappa shape index (κ2) is 16.1. The number of rotatable bonds is 0. The van der Waals surface area contributed by atoms with Crippen molar-refractivity contribution in [1.82, 2.24) is 0 Å². The van der Waals surface area contributed by atoms with Crippen LogP contribution in [0.1, 0.15) is 13.8 Å². The average molecular weight is 252 g/mol. The maximum absolute atomic E-state index is 4.49. The van der Waals surface area contributed by atoms with Gasteiger partial charge in [-0.15, -0.1) is 0 Å². The molecule has 0 radical (unpaired) electrons. The zero-order chi connectivity index (χ0) is 9.15. The fourth-order valence-electron chi connectivity index (χ4n) is 0. The third kappa shape index (κ3) is 14200. The topological polar surface area (TPSA) is 0 Å². The predicted molar refractivity (Wildman–Crippen MR) is 46.2 cm³/mol. The monoisotopic (exact) mass is 251 g/mol. The van der Waals surface area contributed by atoms with Crippen molar-refractivity contribution in [2.45, 2.75) is 13.8 Å². The van der Waals surface area contributed by atoms with Crippen LogP contribution in [-0.2, 0) is 18.2 Å². The standard InChI is InChI=1S/2C4H7.ClH.Pd/c2*1-4(2)3;;/h2*1-2H2,3H3;1H;/q2*-1;;+2/p-1. The van der Waals surface area contributed by atoms with Crippen LogP contribution in [0.25, 0.3) is 0 Å². The van der Waals surface area contributed by atoms with Crippen LogP contribution in [0.15, 0.2) is 24.3 Å². The molecule has 0 fully saturated rings. The molecule has 64 valence electrons. The molecule has 0 aliphatic carbocycles. The molecule has 0 nitrogen and oxygen atoms in total. The van der Waals surface area contributed by atoms with E-state index >= 15 is 0 Å². The number of hydrogen-bond acceptors (Lipinski definition) is 0. The van der Waals surface area contributed by atoms with Gasteiger partial charge in [-0.05, 0) is 0 Å². The molecule has 0 atom stereocenters. The van der Waals surface area contributed by atoms with Crippen molar-refractivity contribution in [2.75, 3.05) is 0 Å². The molecule has 0 amide bonds. The molecular weight excluding hydrogens is 238 g/mol. The van der Waals surface area contributed by atoms with Crippen LogP contribution < -0.4 is 0 Å². The van der Waals surface area contributed by atoms with E-state index in [9.17, 15) is 0 Å². The fourth-order valence-corrected chi connectivity index (χ4v) is 0. The van der Waals surface area contributed by atoms with E-state index in [1.807, 2.05) is 13.8 Å². The van der Waals surface area contributed by atoms with E-state index in [0.29, 0.717) is 0 Å². The van der Waals surface area contributed by atoms with Gasteiger partial charge in [0.05, 0.1) is 0 Å². The second-order valence-corrected chi connectivity index (χ2v) is 1.91. The molecule has 0 spiro atoms. The Kier molecular flexibility index (Phi) is 26.8. The molecule has 0 aliphatic heterocycles. The summed E-state index contributed by atoms with van der Waals surface area (Å²) in [5, 5.41) is 0. The Balaban J connectivity index is -0.0000000787. The summed E-state index contributed by atoms with van der Waals surface area (Å²) in [6.07, 6.45) is 0. The first kappa shape index (κ1) is 16.6. The van der Waals surface area contributed by atoms with E-state index in [-0.39, 0.29) is 0 Å². The zero-order valence-electron chi connectivity index (χ0n) is 6.52. The van der Waals surface area contributed by atoms with E-state index in [0.717, 1.165) is 11.1 Å². The molecule has 0 rings (SSSR count). The Hall–Kier alpha value is 0.172. The molecule has 0 N–H and O–H groups in total. The van der Waals surface area contributed by atoms with Gasteiger partial charge in [0.25, 0.3) is 0 Å². The van der Waals surface area contributed by atoms with Gasteiger partial charge in [0.15, 0.2) is 0 Å². The van der Waals surface area contributed by atoms with E-state index in [1.165, 1.54) is 0 Å². The Morgan fingerprint density at radius 1 is 1.10 bits per heavy atom. The molecule has 0 aromatic carbocycles. The first-order chi connectivity index (χ1) is 4.46. The quantitative estimate of drug-likeness (QED) is 0.457. The Labute approximate surface area is 79.7 Å². The van der Waals surface area contributed by atoms with Crippen molar-refractivity contribution < 1.29 is 18.2 Å². The summed E-state index contributed by atoms with van der Waals surface area (Å²) in [5.74, 6) is 0. The third-order valence-electron chi connectivity index (χ3n) is 0. The maximum atomic E-state index is 4.49. The molecule has 0 saturated heterocycles. The zero-order valence-corrected chi connectivity index (χ0v) is 8.83. The summed E-state index contributed by atoms with van der Waals surface area (Å²) in [4.78, 5) is 0. The van der Waals surface area contributed by atoms with Crippen molar-refractivity contribution in [2.24, 2.45) is 0 Å². The Morgan fingerprint density at radius 3 is 1.10 bits per heavy atom. The first-order valence-corrected chi connectivity index (χ1v) is 4.54. The van der Waals surface area contributed by atoms with Crippen molar-refractivity contribution in [1.29, 1.82) is 0 Å². The summed E-state index contributed by atoms with van der Waals surface area (Å²) < 4.78 is 0. The van der Waals surface area contributed by atoms with Crippen LogP contribution in [0.4, 0.5) is 0 Å². The van der Waals surface area contributed by atoms with Crippen molar-refractivity contribution >= 4 is 9.53 Å². The average Bonchev–Trinajstić information content (AvgIpc) is 1.66. The molecule has 10 heavy (non-hydrogen) atoms. The summed E-state index contributed by atoms with van der Waals surface area (Å²) in [6, 6.07) is 0. The SMILES string of the molecule is C=C([CH2-])C.C=C([CH2-])C.[Cl][Pd+]. The summed E-state index contributed by atoms with van der Waals surface area (Å²) in [5.41, 5.74) is 1.83. The molecule has 0 saturated carbocycles. The molecule has 0 unspecified atom stereocenters. The van der Waals surface area contributed by atoms with Crippen molar-refractivity contribution in [3.05, 3.63) is 38.2 Å². The van der Waals surface area contributed by atoms with Crippen molar-refractivity contribution in [3.63, 3.8) is 0 Å². The Bertz CT molecular complexity index is 67.3. The van der Waals surface area contributed by atoms with E-state index in [1.54, 1.807) is 0 Å². The van der Waals surface area contributed by atoms with E-state index in [4.69, 9.17) is 0 Å².